The van der Waals surface area contributed by atoms with Gasteiger partial charge in [-0.15, -0.1) is 5.10 Å². The van der Waals surface area contributed by atoms with Crippen molar-refractivity contribution in [1.29, 1.82) is 0 Å². The third kappa shape index (κ3) is 2.87. The molecule has 1 spiro atoms. The highest BCUT2D eigenvalue weighted by molar-refractivity contribution is 5.91. The Kier molecular flexibility index (Phi) is 3.82. The predicted octanol–water partition coefficient (Wildman–Crippen LogP) is 1.31. The molecule has 2 fully saturated rings. The number of hydrogen-bond acceptors (Lipinski definition) is 4. The summed E-state index contributed by atoms with van der Waals surface area (Å²) in [4.78, 5) is 30.1. The lowest BCUT2D eigenvalue weighted by molar-refractivity contribution is -0.117. The number of rotatable bonds is 4. The number of amides is 2. The molecule has 1 aliphatic carbocycles. The largest absolute Gasteiger partial charge is 0.347 e. The lowest BCUT2D eigenvalue weighted by atomic mass is 10.0. The van der Waals surface area contributed by atoms with Gasteiger partial charge in [-0.3, -0.25) is 9.59 Å². The Morgan fingerprint density at radius 1 is 1.38 bits per heavy atom. The standard InChI is InChI=1S/C18H18FN5O2/c1-2-15(25)21-14-9-23(10-18(14)6-7-18)17(26)16-20-11-24(22-16)13-5-3-4-12(19)8-13/h2-5,8,11,14H,1,6-7,9-10H2,(H,21,25). The smallest absolute Gasteiger partial charge is 0.293 e. The topological polar surface area (TPSA) is 80.1 Å². The van der Waals surface area contributed by atoms with Crippen LogP contribution in [0.3, 0.4) is 0 Å². The highest BCUT2D eigenvalue weighted by Gasteiger charge is 2.56. The number of nitrogens with zero attached hydrogens (tertiary/aromatic N) is 4. The minimum atomic E-state index is -0.387. The van der Waals surface area contributed by atoms with E-state index in [4.69, 9.17) is 0 Å². The van der Waals surface area contributed by atoms with Crippen molar-refractivity contribution in [2.75, 3.05) is 13.1 Å². The van der Waals surface area contributed by atoms with Crippen molar-refractivity contribution >= 4 is 11.8 Å². The highest BCUT2D eigenvalue weighted by atomic mass is 19.1. The van der Waals surface area contributed by atoms with Crippen LogP contribution in [0.5, 0.6) is 0 Å². The minimum Gasteiger partial charge on any atom is -0.347 e. The van der Waals surface area contributed by atoms with Crippen LogP contribution < -0.4 is 5.32 Å². The molecule has 134 valence electrons. The van der Waals surface area contributed by atoms with Gasteiger partial charge in [0.15, 0.2) is 0 Å². The Hall–Kier alpha value is -3.03. The van der Waals surface area contributed by atoms with E-state index in [1.54, 1.807) is 17.0 Å². The summed E-state index contributed by atoms with van der Waals surface area (Å²) in [6, 6.07) is 5.82. The summed E-state index contributed by atoms with van der Waals surface area (Å²) in [5.74, 6) is -0.853. The molecule has 2 aliphatic rings. The number of halogens is 1. The van der Waals surface area contributed by atoms with E-state index in [0.717, 1.165) is 12.8 Å². The molecule has 2 amide bonds. The Morgan fingerprint density at radius 2 is 2.19 bits per heavy atom. The predicted molar refractivity (Wildman–Crippen MR) is 91.0 cm³/mol. The zero-order chi connectivity index (χ0) is 18.3. The van der Waals surface area contributed by atoms with Crippen molar-refractivity contribution < 1.29 is 14.0 Å². The van der Waals surface area contributed by atoms with E-state index in [-0.39, 0.29) is 34.9 Å². The van der Waals surface area contributed by atoms with Crippen LogP contribution in [0, 0.1) is 11.2 Å². The summed E-state index contributed by atoms with van der Waals surface area (Å²) >= 11 is 0. The molecule has 1 atom stereocenters. The quantitative estimate of drug-likeness (QED) is 0.839. The van der Waals surface area contributed by atoms with Gasteiger partial charge in [0, 0.05) is 18.5 Å². The van der Waals surface area contributed by atoms with E-state index < -0.39 is 0 Å². The molecule has 2 aromatic rings. The zero-order valence-corrected chi connectivity index (χ0v) is 14.1. The van der Waals surface area contributed by atoms with Gasteiger partial charge in [0.2, 0.25) is 11.7 Å². The number of carbonyl (C=O) groups is 2. The summed E-state index contributed by atoms with van der Waals surface area (Å²) in [5, 5.41) is 7.10. The van der Waals surface area contributed by atoms with Gasteiger partial charge in [-0.05, 0) is 37.1 Å². The molecule has 1 saturated heterocycles. The SMILES string of the molecule is C=CC(=O)NC1CN(C(=O)c2ncn(-c3cccc(F)c3)n2)CC12CC2. The fourth-order valence-corrected chi connectivity index (χ4v) is 3.47. The molecule has 1 aliphatic heterocycles. The van der Waals surface area contributed by atoms with E-state index in [9.17, 15) is 14.0 Å². The monoisotopic (exact) mass is 355 g/mol. The van der Waals surface area contributed by atoms with Crippen LogP contribution in [-0.4, -0.2) is 50.6 Å². The number of carbonyl (C=O) groups excluding carboxylic acids is 2. The van der Waals surface area contributed by atoms with Crippen LogP contribution in [0.25, 0.3) is 5.69 Å². The van der Waals surface area contributed by atoms with Gasteiger partial charge >= 0.3 is 0 Å². The van der Waals surface area contributed by atoms with E-state index in [1.807, 2.05) is 0 Å². The molecule has 1 unspecified atom stereocenters. The Labute approximate surface area is 149 Å². The molecule has 0 radical (unpaired) electrons. The average molecular weight is 355 g/mol. The second-order valence-corrected chi connectivity index (χ2v) is 6.81. The molecule has 1 aromatic heterocycles. The molecule has 1 aromatic carbocycles. The lowest BCUT2D eigenvalue weighted by Gasteiger charge is -2.16. The molecule has 8 heteroatoms. The lowest BCUT2D eigenvalue weighted by Crippen LogP contribution is -2.41. The molecular weight excluding hydrogens is 337 g/mol. The van der Waals surface area contributed by atoms with Gasteiger partial charge in [-0.2, -0.15) is 0 Å². The maximum Gasteiger partial charge on any atom is 0.293 e. The number of nitrogens with one attached hydrogen (secondary N) is 1. The first-order chi connectivity index (χ1) is 12.5. The first-order valence-electron chi connectivity index (χ1n) is 8.41. The van der Waals surface area contributed by atoms with Crippen molar-refractivity contribution in [1.82, 2.24) is 25.0 Å². The molecule has 2 heterocycles. The van der Waals surface area contributed by atoms with Gasteiger partial charge in [-0.1, -0.05) is 12.6 Å². The van der Waals surface area contributed by atoms with Crippen LogP contribution >= 0.6 is 0 Å². The van der Waals surface area contributed by atoms with Crippen molar-refractivity contribution in [3.63, 3.8) is 0 Å². The van der Waals surface area contributed by atoms with Crippen LogP contribution in [0.1, 0.15) is 23.5 Å². The van der Waals surface area contributed by atoms with Crippen LogP contribution in [0.2, 0.25) is 0 Å². The average Bonchev–Trinajstić information content (AvgIpc) is 3.10. The molecule has 26 heavy (non-hydrogen) atoms. The molecule has 1 saturated carbocycles. The Morgan fingerprint density at radius 3 is 2.88 bits per heavy atom. The summed E-state index contributed by atoms with van der Waals surface area (Å²) in [7, 11) is 0. The van der Waals surface area contributed by atoms with Gasteiger partial charge in [-0.25, -0.2) is 14.1 Å². The van der Waals surface area contributed by atoms with E-state index in [2.05, 4.69) is 22.0 Å². The summed E-state index contributed by atoms with van der Waals surface area (Å²) in [6.07, 6.45) is 4.58. The van der Waals surface area contributed by atoms with Crippen LogP contribution in [-0.2, 0) is 4.79 Å². The second-order valence-electron chi connectivity index (χ2n) is 6.81. The molecule has 7 nitrogen and oxygen atoms in total. The van der Waals surface area contributed by atoms with Gasteiger partial charge in [0.25, 0.3) is 5.91 Å². The van der Waals surface area contributed by atoms with Crippen molar-refractivity contribution in [2.24, 2.45) is 5.41 Å². The van der Waals surface area contributed by atoms with Crippen molar-refractivity contribution in [3.05, 3.63) is 54.9 Å². The third-order valence-electron chi connectivity index (χ3n) is 5.09. The van der Waals surface area contributed by atoms with Crippen LogP contribution in [0.4, 0.5) is 4.39 Å². The van der Waals surface area contributed by atoms with Gasteiger partial charge < -0.3 is 10.2 Å². The maximum atomic E-state index is 13.4. The van der Waals surface area contributed by atoms with Gasteiger partial charge in [0.1, 0.15) is 12.1 Å². The Bertz CT molecular complexity index is 889. The first-order valence-corrected chi connectivity index (χ1v) is 8.41. The van der Waals surface area contributed by atoms with Crippen LogP contribution in [0.15, 0.2) is 43.2 Å². The summed E-state index contributed by atoms with van der Waals surface area (Å²) in [6.45, 7) is 4.46. The number of hydrogen-bond donors (Lipinski definition) is 1. The second kappa shape index (κ2) is 6.05. The normalized spacial score (nSPS) is 20.2. The molecule has 0 bridgehead atoms. The first kappa shape index (κ1) is 16.4. The zero-order valence-electron chi connectivity index (χ0n) is 14.1. The van der Waals surface area contributed by atoms with Crippen molar-refractivity contribution in [2.45, 2.75) is 18.9 Å². The van der Waals surface area contributed by atoms with Crippen molar-refractivity contribution in [3.8, 4) is 5.69 Å². The molecular formula is C18H18FN5O2. The number of benzene rings is 1. The van der Waals surface area contributed by atoms with E-state index >= 15 is 0 Å². The van der Waals surface area contributed by atoms with E-state index in [1.165, 1.54) is 29.2 Å². The Balaban J connectivity index is 1.50. The number of aromatic nitrogens is 3. The minimum absolute atomic E-state index is 0.0422. The molecule has 4 rings (SSSR count). The molecule has 1 N–H and O–H groups in total. The fourth-order valence-electron chi connectivity index (χ4n) is 3.47. The fraction of sp³-hybridized carbons (Fsp3) is 0.333. The summed E-state index contributed by atoms with van der Waals surface area (Å²) in [5.41, 5.74) is 0.451. The van der Waals surface area contributed by atoms with E-state index in [0.29, 0.717) is 18.8 Å². The summed E-state index contributed by atoms with van der Waals surface area (Å²) < 4.78 is 14.7. The highest BCUT2D eigenvalue weighted by Crippen LogP contribution is 2.52. The third-order valence-corrected chi connectivity index (χ3v) is 5.09. The maximum absolute atomic E-state index is 13.4. The number of likely N-dealkylation sites (tertiary alicyclic amines) is 1. The van der Waals surface area contributed by atoms with Gasteiger partial charge in [0.05, 0.1) is 11.7 Å².